The van der Waals surface area contributed by atoms with Gasteiger partial charge in [0.1, 0.15) is 5.75 Å². The number of guanidine groups is 1. The molecule has 1 fully saturated rings. The average molecular weight is 560 g/mol. The van der Waals surface area contributed by atoms with E-state index in [9.17, 15) is 4.79 Å². The fourth-order valence-electron chi connectivity index (χ4n) is 4.07. The molecular formula is C24H42IN5O2. The SMILES string of the molecule is CCNC(=NCc1ccc(OC)c(NC(C)=O)c1)NCC(C(C)C)N1CCCCCC1.I. The largest absolute Gasteiger partial charge is 0.495 e. The summed E-state index contributed by atoms with van der Waals surface area (Å²) >= 11 is 0. The lowest BCUT2D eigenvalue weighted by atomic mass is 10.0. The summed E-state index contributed by atoms with van der Waals surface area (Å²) in [6.45, 7) is 12.8. The number of rotatable bonds is 9. The first-order valence-electron chi connectivity index (χ1n) is 11.6. The van der Waals surface area contributed by atoms with Gasteiger partial charge in [-0.3, -0.25) is 9.69 Å². The Morgan fingerprint density at radius 3 is 2.41 bits per heavy atom. The maximum Gasteiger partial charge on any atom is 0.221 e. The first-order valence-corrected chi connectivity index (χ1v) is 11.6. The molecule has 1 saturated heterocycles. The molecule has 8 heteroatoms. The second kappa shape index (κ2) is 15.3. The lowest BCUT2D eigenvalue weighted by molar-refractivity contribution is -0.114. The van der Waals surface area contributed by atoms with Gasteiger partial charge in [0.05, 0.1) is 19.3 Å². The molecule has 3 N–H and O–H groups in total. The maximum absolute atomic E-state index is 11.5. The van der Waals surface area contributed by atoms with E-state index in [1.807, 2.05) is 18.2 Å². The van der Waals surface area contributed by atoms with Crippen LogP contribution in [-0.4, -0.2) is 56.1 Å². The zero-order valence-corrected chi connectivity index (χ0v) is 22.7. The Labute approximate surface area is 211 Å². The topological polar surface area (TPSA) is 78.0 Å². The van der Waals surface area contributed by atoms with Gasteiger partial charge in [0.15, 0.2) is 5.96 Å². The third-order valence-electron chi connectivity index (χ3n) is 5.70. The zero-order chi connectivity index (χ0) is 22.6. The number of hydrogen-bond donors (Lipinski definition) is 3. The summed E-state index contributed by atoms with van der Waals surface area (Å²) in [5, 5.41) is 9.74. The molecule has 0 aromatic heterocycles. The lowest BCUT2D eigenvalue weighted by Gasteiger charge is -2.34. The minimum Gasteiger partial charge on any atom is -0.495 e. The predicted octanol–water partition coefficient (Wildman–Crippen LogP) is 4.23. The molecule has 1 heterocycles. The van der Waals surface area contributed by atoms with Gasteiger partial charge in [0, 0.05) is 26.1 Å². The highest BCUT2D eigenvalue weighted by atomic mass is 127. The van der Waals surface area contributed by atoms with E-state index >= 15 is 0 Å². The van der Waals surface area contributed by atoms with E-state index in [0.29, 0.717) is 29.9 Å². The minimum atomic E-state index is -0.123. The summed E-state index contributed by atoms with van der Waals surface area (Å²) in [4.78, 5) is 18.9. The van der Waals surface area contributed by atoms with E-state index in [2.05, 4.69) is 41.6 Å². The summed E-state index contributed by atoms with van der Waals surface area (Å²) in [5.74, 6) is 1.92. The second-order valence-corrected chi connectivity index (χ2v) is 8.55. The fourth-order valence-corrected chi connectivity index (χ4v) is 4.07. The fraction of sp³-hybridized carbons (Fsp3) is 0.667. The number of anilines is 1. The summed E-state index contributed by atoms with van der Waals surface area (Å²) in [7, 11) is 1.60. The van der Waals surface area contributed by atoms with E-state index in [1.165, 1.54) is 45.7 Å². The Morgan fingerprint density at radius 1 is 1.16 bits per heavy atom. The molecule has 2 rings (SSSR count). The van der Waals surface area contributed by atoms with Crippen LogP contribution >= 0.6 is 24.0 Å². The molecule has 1 aliphatic rings. The van der Waals surface area contributed by atoms with Crippen LogP contribution in [0.5, 0.6) is 5.75 Å². The molecule has 1 aromatic rings. The molecule has 0 spiro atoms. The molecule has 1 unspecified atom stereocenters. The van der Waals surface area contributed by atoms with Crippen LogP contribution in [0.25, 0.3) is 0 Å². The molecule has 0 radical (unpaired) electrons. The van der Waals surface area contributed by atoms with Gasteiger partial charge < -0.3 is 20.7 Å². The first-order chi connectivity index (χ1) is 14.9. The Morgan fingerprint density at radius 2 is 1.84 bits per heavy atom. The van der Waals surface area contributed by atoms with Crippen molar-refractivity contribution in [3.63, 3.8) is 0 Å². The van der Waals surface area contributed by atoms with Gasteiger partial charge in [0.2, 0.25) is 5.91 Å². The summed E-state index contributed by atoms with van der Waals surface area (Å²) in [5.41, 5.74) is 1.68. The van der Waals surface area contributed by atoms with Gasteiger partial charge >= 0.3 is 0 Å². The number of methoxy groups -OCH3 is 1. The molecular weight excluding hydrogens is 517 g/mol. The lowest BCUT2D eigenvalue weighted by Crippen LogP contribution is -2.49. The first kappa shape index (κ1) is 28.5. The van der Waals surface area contributed by atoms with Crippen molar-refractivity contribution in [3.8, 4) is 5.75 Å². The highest BCUT2D eigenvalue weighted by Crippen LogP contribution is 2.25. The number of benzene rings is 1. The zero-order valence-electron chi connectivity index (χ0n) is 20.4. The summed E-state index contributed by atoms with van der Waals surface area (Å²) in [6, 6.07) is 6.26. The standard InChI is InChI=1S/C24H41N5O2.HI/c1-6-25-24(27-17-22(18(2)3)29-13-9-7-8-10-14-29)26-16-20-11-12-23(31-5)21(15-20)28-19(4)30;/h11-12,15,18,22H,6-10,13-14,16-17H2,1-5H3,(H,28,30)(H2,25,26,27);1H. The number of ether oxygens (including phenoxy) is 1. The van der Waals surface area contributed by atoms with E-state index in [1.54, 1.807) is 7.11 Å². The normalized spacial score (nSPS) is 16.0. The molecule has 0 saturated carbocycles. The van der Waals surface area contributed by atoms with Crippen LogP contribution in [0.3, 0.4) is 0 Å². The van der Waals surface area contributed by atoms with Crippen molar-refractivity contribution in [3.05, 3.63) is 23.8 Å². The van der Waals surface area contributed by atoms with E-state index < -0.39 is 0 Å². The number of amides is 1. The molecule has 7 nitrogen and oxygen atoms in total. The summed E-state index contributed by atoms with van der Waals surface area (Å²) in [6.07, 6.45) is 5.29. The van der Waals surface area contributed by atoms with Gasteiger partial charge in [-0.15, -0.1) is 24.0 Å². The number of aliphatic imine (C=N–C) groups is 1. The van der Waals surface area contributed by atoms with Crippen molar-refractivity contribution >= 4 is 41.5 Å². The van der Waals surface area contributed by atoms with Crippen LogP contribution in [0, 0.1) is 5.92 Å². The number of carbonyl (C=O) groups excluding carboxylic acids is 1. The Kier molecular flexibility index (Phi) is 13.6. The van der Waals surface area contributed by atoms with E-state index in [0.717, 1.165) is 24.6 Å². The number of carbonyl (C=O) groups is 1. The summed E-state index contributed by atoms with van der Waals surface area (Å²) < 4.78 is 5.34. The number of nitrogens with one attached hydrogen (secondary N) is 3. The van der Waals surface area contributed by atoms with Crippen LogP contribution in [0.15, 0.2) is 23.2 Å². The molecule has 0 aliphatic carbocycles. The Bertz CT molecular complexity index is 718. The molecule has 1 aromatic carbocycles. The molecule has 32 heavy (non-hydrogen) atoms. The number of likely N-dealkylation sites (tertiary alicyclic amines) is 1. The van der Waals surface area contributed by atoms with Crippen LogP contribution in [0.4, 0.5) is 5.69 Å². The van der Waals surface area contributed by atoms with Crippen LogP contribution in [0.2, 0.25) is 0 Å². The average Bonchev–Trinajstić information content (AvgIpc) is 3.01. The Hall–Kier alpha value is -1.55. The molecule has 1 amide bonds. The third-order valence-corrected chi connectivity index (χ3v) is 5.70. The van der Waals surface area contributed by atoms with E-state index in [4.69, 9.17) is 9.73 Å². The molecule has 1 atom stereocenters. The van der Waals surface area contributed by atoms with E-state index in [-0.39, 0.29) is 29.9 Å². The quantitative estimate of drug-likeness (QED) is 0.240. The highest BCUT2D eigenvalue weighted by Gasteiger charge is 2.22. The van der Waals surface area contributed by atoms with Gasteiger partial charge in [-0.05, 0) is 56.5 Å². The highest BCUT2D eigenvalue weighted by molar-refractivity contribution is 14.0. The predicted molar refractivity (Wildman–Crippen MR) is 144 cm³/mol. The smallest absolute Gasteiger partial charge is 0.221 e. The molecule has 1 aliphatic heterocycles. The maximum atomic E-state index is 11.5. The molecule has 0 bridgehead atoms. The Balaban J connectivity index is 0.00000512. The van der Waals surface area contributed by atoms with Crippen molar-refractivity contribution in [2.75, 3.05) is 38.6 Å². The van der Waals surface area contributed by atoms with Crippen molar-refractivity contribution in [2.24, 2.45) is 10.9 Å². The monoisotopic (exact) mass is 559 g/mol. The van der Waals surface area contributed by atoms with Crippen molar-refractivity contribution in [1.82, 2.24) is 15.5 Å². The van der Waals surface area contributed by atoms with Crippen LogP contribution in [0.1, 0.15) is 58.9 Å². The van der Waals surface area contributed by atoms with Crippen LogP contribution in [-0.2, 0) is 11.3 Å². The number of hydrogen-bond acceptors (Lipinski definition) is 4. The third kappa shape index (κ3) is 9.52. The van der Waals surface area contributed by atoms with Crippen molar-refractivity contribution in [1.29, 1.82) is 0 Å². The minimum absolute atomic E-state index is 0. The van der Waals surface area contributed by atoms with Crippen LogP contribution < -0.4 is 20.7 Å². The number of nitrogens with zero attached hydrogens (tertiary/aromatic N) is 2. The molecule has 182 valence electrons. The van der Waals surface area contributed by atoms with Crippen molar-refractivity contribution < 1.29 is 9.53 Å². The van der Waals surface area contributed by atoms with Gasteiger partial charge in [-0.2, -0.15) is 0 Å². The second-order valence-electron chi connectivity index (χ2n) is 8.55. The van der Waals surface area contributed by atoms with Gasteiger partial charge in [-0.1, -0.05) is 32.8 Å². The van der Waals surface area contributed by atoms with Gasteiger partial charge in [0.25, 0.3) is 0 Å². The van der Waals surface area contributed by atoms with Crippen molar-refractivity contribution in [2.45, 2.75) is 66.0 Å². The number of halogens is 1. The van der Waals surface area contributed by atoms with Gasteiger partial charge in [-0.25, -0.2) is 4.99 Å².